The molecule has 0 fully saturated rings. The summed E-state index contributed by atoms with van der Waals surface area (Å²) in [4.78, 5) is 2.54. The maximum atomic E-state index is 2.54. The Kier molecular flexibility index (Phi) is 6.34. The first-order valence-electron chi connectivity index (χ1n) is 18.1. The monoisotopic (exact) mass is 653 g/mol. The second kappa shape index (κ2) is 10.8. The fourth-order valence-electron chi connectivity index (χ4n) is 9.23. The van der Waals surface area contributed by atoms with Gasteiger partial charge in [-0.25, -0.2) is 0 Å². The maximum Gasteiger partial charge on any atom is 0.0546 e. The van der Waals surface area contributed by atoms with Gasteiger partial charge in [-0.1, -0.05) is 161 Å². The van der Waals surface area contributed by atoms with Crippen LogP contribution in [-0.4, -0.2) is 0 Å². The Balaban J connectivity index is 1.29. The van der Waals surface area contributed by atoms with E-state index in [0.29, 0.717) is 0 Å². The summed E-state index contributed by atoms with van der Waals surface area (Å²) in [5, 5.41) is 5.09. The molecule has 0 N–H and O–H groups in total. The van der Waals surface area contributed by atoms with Crippen molar-refractivity contribution in [2.24, 2.45) is 0 Å². The molecule has 10 rings (SSSR count). The van der Waals surface area contributed by atoms with Crippen LogP contribution < -0.4 is 4.90 Å². The van der Waals surface area contributed by atoms with Crippen molar-refractivity contribution in [2.45, 2.75) is 38.5 Å². The Labute approximate surface area is 300 Å². The van der Waals surface area contributed by atoms with Crippen LogP contribution in [0.15, 0.2) is 164 Å². The van der Waals surface area contributed by atoms with E-state index in [-0.39, 0.29) is 10.8 Å². The summed E-state index contributed by atoms with van der Waals surface area (Å²) < 4.78 is 0. The maximum absolute atomic E-state index is 2.54. The third-order valence-electron chi connectivity index (χ3n) is 11.8. The van der Waals surface area contributed by atoms with E-state index in [2.05, 4.69) is 196 Å². The molecule has 244 valence electrons. The highest BCUT2D eigenvalue weighted by Gasteiger charge is 2.38. The average Bonchev–Trinajstić information content (AvgIpc) is 3.40. The number of fused-ring (bicyclic) bond motifs is 6. The van der Waals surface area contributed by atoms with Crippen molar-refractivity contribution in [2.75, 3.05) is 4.90 Å². The van der Waals surface area contributed by atoms with E-state index >= 15 is 0 Å². The van der Waals surface area contributed by atoms with Gasteiger partial charge in [0.2, 0.25) is 0 Å². The second-order valence-electron chi connectivity index (χ2n) is 15.3. The number of anilines is 3. The third kappa shape index (κ3) is 4.28. The van der Waals surface area contributed by atoms with Crippen molar-refractivity contribution >= 4 is 38.6 Å². The van der Waals surface area contributed by atoms with Crippen LogP contribution in [0, 0.1) is 0 Å². The van der Waals surface area contributed by atoms with Crippen molar-refractivity contribution in [3.05, 3.63) is 186 Å². The first-order chi connectivity index (χ1) is 24.8. The van der Waals surface area contributed by atoms with Gasteiger partial charge in [-0.15, -0.1) is 0 Å². The lowest BCUT2D eigenvalue weighted by Crippen LogP contribution is -2.25. The molecule has 0 saturated carbocycles. The van der Waals surface area contributed by atoms with Crippen LogP contribution in [0.2, 0.25) is 0 Å². The van der Waals surface area contributed by atoms with Gasteiger partial charge in [-0.2, -0.15) is 0 Å². The summed E-state index contributed by atoms with van der Waals surface area (Å²) in [6, 6.07) is 61.1. The van der Waals surface area contributed by atoms with Gasteiger partial charge in [-0.05, 0) is 96.6 Å². The molecular formula is C50H39N. The van der Waals surface area contributed by atoms with E-state index in [9.17, 15) is 0 Å². The Morgan fingerprint density at radius 2 is 1.04 bits per heavy atom. The highest BCUT2D eigenvalue weighted by atomic mass is 15.1. The second-order valence-corrected chi connectivity index (χ2v) is 15.3. The quantitative estimate of drug-likeness (QED) is 0.183. The van der Waals surface area contributed by atoms with Gasteiger partial charge in [0.25, 0.3) is 0 Å². The normalized spacial score (nSPS) is 14.6. The van der Waals surface area contributed by atoms with Crippen molar-refractivity contribution in [1.82, 2.24) is 0 Å². The molecule has 0 saturated heterocycles. The Bertz CT molecular complexity index is 2690. The molecule has 1 nitrogen and oxygen atoms in total. The molecule has 0 aromatic heterocycles. The predicted octanol–water partition coefficient (Wildman–Crippen LogP) is 13.7. The summed E-state index contributed by atoms with van der Waals surface area (Å²) in [5.41, 5.74) is 16.5. The van der Waals surface area contributed by atoms with Crippen LogP contribution in [0.4, 0.5) is 17.1 Å². The topological polar surface area (TPSA) is 3.24 Å². The van der Waals surface area contributed by atoms with Crippen molar-refractivity contribution in [3.63, 3.8) is 0 Å². The first kappa shape index (κ1) is 29.9. The summed E-state index contributed by atoms with van der Waals surface area (Å²) >= 11 is 0. The van der Waals surface area contributed by atoms with Crippen molar-refractivity contribution in [3.8, 4) is 33.4 Å². The van der Waals surface area contributed by atoms with E-state index in [1.165, 1.54) is 94.2 Å². The van der Waals surface area contributed by atoms with E-state index in [4.69, 9.17) is 0 Å². The van der Waals surface area contributed by atoms with Crippen molar-refractivity contribution in [1.29, 1.82) is 0 Å². The standard InChI is InChI=1S/C50H39N/c1-49(2)41-21-11-10-20-38(41)39-28-26-36(31-44(39)49)51(45-23-13-17-33-16-8-9-19-37(33)45)46-29-25-34-18-12-22-42-47(34)48(46)40-27-24-35(30-43(40)50(42,3)4)32-14-6-5-7-15-32/h5-31H,1-4H3. The minimum atomic E-state index is -0.182. The smallest absolute Gasteiger partial charge is 0.0546 e. The lowest BCUT2D eigenvalue weighted by atomic mass is 9.67. The van der Waals surface area contributed by atoms with E-state index in [1.54, 1.807) is 0 Å². The fraction of sp³-hybridized carbons (Fsp3) is 0.120. The fourth-order valence-corrected chi connectivity index (χ4v) is 9.23. The van der Waals surface area contributed by atoms with Crippen molar-refractivity contribution < 1.29 is 0 Å². The van der Waals surface area contributed by atoms with Gasteiger partial charge in [0.1, 0.15) is 0 Å². The molecule has 2 aliphatic carbocycles. The van der Waals surface area contributed by atoms with Gasteiger partial charge >= 0.3 is 0 Å². The zero-order valence-electron chi connectivity index (χ0n) is 29.5. The molecule has 0 bridgehead atoms. The number of hydrogen-bond donors (Lipinski definition) is 0. The van der Waals surface area contributed by atoms with E-state index < -0.39 is 0 Å². The minimum absolute atomic E-state index is 0.109. The molecule has 2 aliphatic rings. The van der Waals surface area contributed by atoms with Crippen LogP contribution in [0.1, 0.15) is 49.9 Å². The number of benzene rings is 8. The first-order valence-corrected chi connectivity index (χ1v) is 18.1. The number of nitrogens with zero attached hydrogens (tertiary/aromatic N) is 1. The number of rotatable bonds is 4. The molecule has 0 atom stereocenters. The summed E-state index contributed by atoms with van der Waals surface area (Å²) in [6.45, 7) is 9.54. The van der Waals surface area contributed by atoms with Crippen LogP contribution in [0.25, 0.3) is 54.9 Å². The van der Waals surface area contributed by atoms with Crippen LogP contribution >= 0.6 is 0 Å². The summed E-state index contributed by atoms with van der Waals surface area (Å²) in [7, 11) is 0. The largest absolute Gasteiger partial charge is 0.309 e. The van der Waals surface area contributed by atoms with Gasteiger partial charge in [0.15, 0.2) is 0 Å². The van der Waals surface area contributed by atoms with E-state index in [0.717, 1.165) is 0 Å². The molecule has 0 heterocycles. The zero-order valence-corrected chi connectivity index (χ0v) is 29.5. The van der Waals surface area contributed by atoms with Crippen LogP contribution in [0.5, 0.6) is 0 Å². The van der Waals surface area contributed by atoms with Crippen LogP contribution in [0.3, 0.4) is 0 Å². The molecule has 51 heavy (non-hydrogen) atoms. The molecule has 0 amide bonds. The van der Waals surface area contributed by atoms with Crippen LogP contribution in [-0.2, 0) is 10.8 Å². The van der Waals surface area contributed by atoms with Gasteiger partial charge < -0.3 is 4.90 Å². The Hall–Kier alpha value is -5.92. The zero-order chi connectivity index (χ0) is 34.5. The third-order valence-corrected chi connectivity index (χ3v) is 11.8. The van der Waals surface area contributed by atoms with E-state index in [1.807, 2.05) is 0 Å². The molecule has 8 aromatic rings. The molecular weight excluding hydrogens is 615 g/mol. The lowest BCUT2D eigenvalue weighted by molar-refractivity contribution is 0.645. The minimum Gasteiger partial charge on any atom is -0.309 e. The highest BCUT2D eigenvalue weighted by molar-refractivity contribution is 6.12. The number of hydrogen-bond acceptors (Lipinski definition) is 1. The highest BCUT2D eigenvalue weighted by Crippen LogP contribution is 2.56. The van der Waals surface area contributed by atoms with Gasteiger partial charge in [0, 0.05) is 27.5 Å². The Morgan fingerprint density at radius 3 is 1.92 bits per heavy atom. The summed E-state index contributed by atoms with van der Waals surface area (Å²) in [5.74, 6) is 0. The molecule has 0 spiro atoms. The SMILES string of the molecule is CC1(C)c2ccccc2-c2ccc(N(c3ccc4cccc5c4c3-c3ccc(-c4ccccc4)cc3C5(C)C)c3cccc4ccccc34)cc21. The Morgan fingerprint density at radius 1 is 0.392 bits per heavy atom. The molecule has 8 aromatic carbocycles. The molecule has 1 heteroatoms. The van der Waals surface area contributed by atoms with Gasteiger partial charge in [0.05, 0.1) is 11.4 Å². The predicted molar refractivity (Wildman–Crippen MR) is 217 cm³/mol. The summed E-state index contributed by atoms with van der Waals surface area (Å²) in [6.07, 6.45) is 0. The molecule has 0 radical (unpaired) electrons. The lowest BCUT2D eigenvalue weighted by Gasteiger charge is -2.38. The average molecular weight is 654 g/mol. The molecule has 0 unspecified atom stereocenters. The molecule has 0 aliphatic heterocycles. The van der Waals surface area contributed by atoms with Gasteiger partial charge in [-0.3, -0.25) is 0 Å².